The van der Waals surface area contributed by atoms with Gasteiger partial charge >= 0.3 is 5.82 Å². The molecule has 0 bridgehead atoms. The van der Waals surface area contributed by atoms with Crippen LogP contribution in [0.25, 0.3) is 0 Å². The summed E-state index contributed by atoms with van der Waals surface area (Å²) < 4.78 is 1.55. The van der Waals surface area contributed by atoms with Gasteiger partial charge < -0.3 is 21.2 Å². The van der Waals surface area contributed by atoms with Gasteiger partial charge in [-0.15, -0.1) is 0 Å². The molecule has 0 aliphatic heterocycles. The Morgan fingerprint density at radius 1 is 1.67 bits per heavy atom. The number of aryl methyl sites for hydroxylation is 2. The summed E-state index contributed by atoms with van der Waals surface area (Å²) in [5, 5.41) is 29.2. The molecule has 21 heavy (non-hydrogen) atoms. The Labute approximate surface area is 119 Å². The van der Waals surface area contributed by atoms with E-state index in [4.69, 9.17) is 11.0 Å². The molecule has 10 nitrogen and oxygen atoms in total. The second kappa shape index (κ2) is 5.91. The second-order valence-electron chi connectivity index (χ2n) is 4.39. The van der Waals surface area contributed by atoms with Gasteiger partial charge in [0.05, 0.1) is 5.69 Å². The minimum atomic E-state index is -0.536. The molecule has 2 aromatic rings. The number of hydrogen-bond acceptors (Lipinski definition) is 7. The molecule has 0 aliphatic carbocycles. The first-order valence-electron chi connectivity index (χ1n) is 6.17. The molecule has 0 fully saturated rings. The fraction of sp³-hybridized carbons (Fsp3) is 0.364. The predicted octanol–water partition coefficient (Wildman–Crippen LogP) is 0.550. The smallest absolute Gasteiger partial charge is 0.381 e. The number of nitrogens with two attached hydrogens (primary N) is 1. The molecule has 0 saturated heterocycles. The van der Waals surface area contributed by atoms with Gasteiger partial charge in [-0.25, -0.2) is 0 Å². The summed E-state index contributed by atoms with van der Waals surface area (Å²) in [6, 6.07) is 1.99. The number of nitrogens with one attached hydrogen (secondary N) is 2. The summed E-state index contributed by atoms with van der Waals surface area (Å²) in [4.78, 5) is 14.0. The summed E-state index contributed by atoms with van der Waals surface area (Å²) in [5.74, 6) is 0.327. The second-order valence-corrected chi connectivity index (χ2v) is 4.39. The predicted molar refractivity (Wildman–Crippen MR) is 74.4 cm³/mol. The van der Waals surface area contributed by atoms with Crippen LogP contribution in [0.15, 0.2) is 6.33 Å². The molecule has 0 spiro atoms. The SMILES string of the molecule is Cn1cnc([N+](=O)[O-])c1NCCCc1[nH]nc(N)c1C#N. The number of nitrogens with zero attached hydrogens (tertiary/aromatic N) is 5. The number of rotatable bonds is 6. The van der Waals surface area contributed by atoms with Gasteiger partial charge in [-0.1, -0.05) is 0 Å². The molecule has 2 heterocycles. The van der Waals surface area contributed by atoms with Crippen LogP contribution in [0.3, 0.4) is 0 Å². The molecule has 4 N–H and O–H groups in total. The summed E-state index contributed by atoms with van der Waals surface area (Å²) in [7, 11) is 1.67. The first kappa shape index (κ1) is 14.3. The summed E-state index contributed by atoms with van der Waals surface area (Å²) in [5.41, 5.74) is 6.55. The van der Waals surface area contributed by atoms with E-state index in [2.05, 4.69) is 20.5 Å². The Morgan fingerprint density at radius 3 is 3.10 bits per heavy atom. The van der Waals surface area contributed by atoms with Crippen LogP contribution in [0.1, 0.15) is 17.7 Å². The van der Waals surface area contributed by atoms with Gasteiger partial charge in [0.1, 0.15) is 11.6 Å². The van der Waals surface area contributed by atoms with E-state index < -0.39 is 4.92 Å². The van der Waals surface area contributed by atoms with Gasteiger partial charge in [0.15, 0.2) is 5.82 Å². The maximum absolute atomic E-state index is 10.8. The van der Waals surface area contributed by atoms with Gasteiger partial charge in [-0.3, -0.25) is 9.67 Å². The van der Waals surface area contributed by atoms with Crippen molar-refractivity contribution in [2.45, 2.75) is 12.8 Å². The van der Waals surface area contributed by atoms with E-state index in [1.807, 2.05) is 6.07 Å². The molecule has 0 aliphatic rings. The van der Waals surface area contributed by atoms with E-state index in [1.165, 1.54) is 6.33 Å². The van der Waals surface area contributed by atoms with Crippen molar-refractivity contribution in [3.8, 4) is 6.07 Å². The first-order chi connectivity index (χ1) is 10.0. The number of hydrogen-bond donors (Lipinski definition) is 3. The standard InChI is InChI=1S/C11H14N8O2/c1-18-6-15-11(19(20)21)10(18)14-4-2-3-8-7(5-12)9(13)17-16-8/h6,14H,2-4H2,1H3,(H3,13,16,17). The van der Waals surface area contributed by atoms with Crippen LogP contribution in [-0.2, 0) is 13.5 Å². The third-order valence-corrected chi connectivity index (χ3v) is 2.97. The molecule has 2 aromatic heterocycles. The van der Waals surface area contributed by atoms with E-state index in [-0.39, 0.29) is 11.6 Å². The highest BCUT2D eigenvalue weighted by molar-refractivity contribution is 5.52. The Morgan fingerprint density at radius 2 is 2.43 bits per heavy atom. The lowest BCUT2D eigenvalue weighted by atomic mass is 10.1. The van der Waals surface area contributed by atoms with E-state index in [9.17, 15) is 10.1 Å². The van der Waals surface area contributed by atoms with Crippen LogP contribution in [-0.4, -0.2) is 31.2 Å². The fourth-order valence-electron chi connectivity index (χ4n) is 1.93. The van der Waals surface area contributed by atoms with Crippen molar-refractivity contribution in [1.82, 2.24) is 19.7 Å². The van der Waals surface area contributed by atoms with Crippen molar-refractivity contribution in [2.24, 2.45) is 7.05 Å². The van der Waals surface area contributed by atoms with Gasteiger partial charge in [0, 0.05) is 13.6 Å². The molecule has 0 saturated carbocycles. The summed E-state index contributed by atoms with van der Waals surface area (Å²) >= 11 is 0. The molecular formula is C11H14N8O2. The third-order valence-electron chi connectivity index (χ3n) is 2.97. The van der Waals surface area contributed by atoms with Crippen molar-refractivity contribution in [1.29, 1.82) is 5.26 Å². The highest BCUT2D eigenvalue weighted by Gasteiger charge is 2.19. The molecule has 0 unspecified atom stereocenters. The number of aromatic nitrogens is 4. The molecule has 0 radical (unpaired) electrons. The van der Waals surface area contributed by atoms with Crippen LogP contribution >= 0.6 is 0 Å². The number of anilines is 2. The average Bonchev–Trinajstić information content (AvgIpc) is 2.98. The lowest BCUT2D eigenvalue weighted by Gasteiger charge is -2.05. The lowest BCUT2D eigenvalue weighted by Crippen LogP contribution is -2.08. The van der Waals surface area contributed by atoms with Crippen molar-refractivity contribution >= 4 is 17.5 Å². The highest BCUT2D eigenvalue weighted by Crippen LogP contribution is 2.21. The number of nitriles is 1. The van der Waals surface area contributed by atoms with Crippen molar-refractivity contribution in [3.05, 3.63) is 27.7 Å². The van der Waals surface area contributed by atoms with Crippen LogP contribution < -0.4 is 11.1 Å². The van der Waals surface area contributed by atoms with Crippen LogP contribution in [0.4, 0.5) is 17.5 Å². The van der Waals surface area contributed by atoms with Gasteiger partial charge in [0.25, 0.3) is 0 Å². The molecule has 0 aromatic carbocycles. The number of nitro groups is 1. The first-order valence-corrected chi connectivity index (χ1v) is 6.17. The van der Waals surface area contributed by atoms with Gasteiger partial charge in [0.2, 0.25) is 12.1 Å². The van der Waals surface area contributed by atoms with E-state index in [1.54, 1.807) is 11.6 Å². The Balaban J connectivity index is 1.92. The van der Waals surface area contributed by atoms with Crippen molar-refractivity contribution in [2.75, 3.05) is 17.6 Å². The third kappa shape index (κ3) is 2.92. The maximum atomic E-state index is 10.8. The quantitative estimate of drug-likeness (QED) is 0.399. The summed E-state index contributed by atoms with van der Waals surface area (Å²) in [6.45, 7) is 0.490. The zero-order chi connectivity index (χ0) is 15.4. The van der Waals surface area contributed by atoms with Crippen LogP contribution in [0, 0.1) is 21.4 Å². The minimum Gasteiger partial charge on any atom is -0.381 e. The van der Waals surface area contributed by atoms with Crippen LogP contribution in [0.2, 0.25) is 0 Å². The number of nitrogen functional groups attached to an aromatic ring is 1. The number of aromatic amines is 1. The zero-order valence-electron chi connectivity index (χ0n) is 11.3. The molecule has 110 valence electrons. The van der Waals surface area contributed by atoms with E-state index >= 15 is 0 Å². The molecule has 2 rings (SSSR count). The van der Waals surface area contributed by atoms with Gasteiger partial charge in [-0.2, -0.15) is 10.4 Å². The molecule has 0 atom stereocenters. The average molecular weight is 290 g/mol. The van der Waals surface area contributed by atoms with Gasteiger partial charge in [-0.05, 0) is 22.7 Å². The largest absolute Gasteiger partial charge is 0.406 e. The lowest BCUT2D eigenvalue weighted by molar-refractivity contribution is -0.388. The normalized spacial score (nSPS) is 10.3. The number of imidazole rings is 1. The topological polar surface area (TPSA) is 151 Å². The molecule has 0 amide bonds. The zero-order valence-corrected chi connectivity index (χ0v) is 11.3. The molecule has 10 heteroatoms. The monoisotopic (exact) mass is 290 g/mol. The minimum absolute atomic E-state index is 0.183. The Bertz CT molecular complexity index is 696. The van der Waals surface area contributed by atoms with Crippen LogP contribution in [0.5, 0.6) is 0 Å². The highest BCUT2D eigenvalue weighted by atomic mass is 16.6. The summed E-state index contributed by atoms with van der Waals surface area (Å²) in [6.07, 6.45) is 2.59. The Kier molecular flexibility index (Phi) is 4.03. The molecular weight excluding hydrogens is 276 g/mol. The Hall–Kier alpha value is -3.09. The van der Waals surface area contributed by atoms with E-state index in [0.29, 0.717) is 36.5 Å². The van der Waals surface area contributed by atoms with Crippen molar-refractivity contribution in [3.63, 3.8) is 0 Å². The fourth-order valence-corrected chi connectivity index (χ4v) is 1.93. The van der Waals surface area contributed by atoms with Crippen molar-refractivity contribution < 1.29 is 4.92 Å². The maximum Gasteiger partial charge on any atom is 0.406 e. The number of H-pyrrole nitrogens is 1. The van der Waals surface area contributed by atoms with E-state index in [0.717, 1.165) is 0 Å².